The van der Waals surface area contributed by atoms with Crippen molar-refractivity contribution in [3.63, 3.8) is 0 Å². The topological polar surface area (TPSA) is 45.2 Å². The highest BCUT2D eigenvalue weighted by atomic mass is 35.5. The van der Waals surface area contributed by atoms with Crippen molar-refractivity contribution >= 4 is 41.3 Å². The highest BCUT2D eigenvalue weighted by Gasteiger charge is 2.38. The number of carbonyl (C=O) groups excluding carboxylic acids is 1. The second kappa shape index (κ2) is 7.62. The second-order valence-electron chi connectivity index (χ2n) is 6.74. The fourth-order valence-corrected chi connectivity index (χ4v) is 4.81. The number of nitrogens with zero attached hydrogens (tertiary/aromatic N) is 2. The van der Waals surface area contributed by atoms with Crippen LogP contribution in [-0.4, -0.2) is 42.0 Å². The molecule has 4 rings (SSSR count). The number of aromatic nitrogens is 1. The lowest BCUT2D eigenvalue weighted by atomic mass is 9.78. The Balaban J connectivity index is 0.00000182. The zero-order chi connectivity index (χ0) is 16.6. The molecule has 1 spiro atoms. The van der Waals surface area contributed by atoms with Crippen molar-refractivity contribution in [3.8, 4) is 10.6 Å². The van der Waals surface area contributed by atoms with Gasteiger partial charge in [-0.05, 0) is 37.3 Å². The maximum absolute atomic E-state index is 12.8. The molecule has 0 atom stereocenters. The van der Waals surface area contributed by atoms with Gasteiger partial charge in [0, 0.05) is 30.6 Å². The van der Waals surface area contributed by atoms with E-state index in [1.165, 1.54) is 17.8 Å². The van der Waals surface area contributed by atoms with E-state index in [0.29, 0.717) is 16.1 Å². The lowest BCUT2D eigenvalue weighted by molar-refractivity contribution is 0.0603. The molecule has 1 aromatic carbocycles. The van der Waals surface area contributed by atoms with Crippen LogP contribution in [0, 0.1) is 5.41 Å². The summed E-state index contributed by atoms with van der Waals surface area (Å²) < 4.78 is 0. The van der Waals surface area contributed by atoms with Crippen LogP contribution in [0.3, 0.4) is 0 Å². The smallest absolute Gasteiger partial charge is 0.273 e. The predicted octanol–water partition coefficient (Wildman–Crippen LogP) is 4.10. The van der Waals surface area contributed by atoms with E-state index in [0.717, 1.165) is 49.6 Å². The molecule has 1 amide bonds. The van der Waals surface area contributed by atoms with Crippen molar-refractivity contribution in [1.82, 2.24) is 15.2 Å². The summed E-state index contributed by atoms with van der Waals surface area (Å²) >= 11 is 7.71. The number of rotatable bonds is 2. The third-order valence-electron chi connectivity index (χ3n) is 5.27. The summed E-state index contributed by atoms with van der Waals surface area (Å²) in [5.74, 6) is 0.0466. The maximum Gasteiger partial charge on any atom is 0.273 e. The molecule has 0 aliphatic carbocycles. The third-order valence-corrected chi connectivity index (χ3v) is 6.48. The van der Waals surface area contributed by atoms with E-state index in [1.807, 2.05) is 34.5 Å². The molecule has 2 saturated heterocycles. The molecular weight excluding hydrogens is 377 g/mol. The first-order chi connectivity index (χ1) is 11.7. The first-order valence-corrected chi connectivity index (χ1v) is 9.63. The van der Waals surface area contributed by atoms with Gasteiger partial charge in [-0.15, -0.1) is 23.7 Å². The van der Waals surface area contributed by atoms with Gasteiger partial charge in [-0.25, -0.2) is 4.98 Å². The monoisotopic (exact) mass is 397 g/mol. The first kappa shape index (κ1) is 18.6. The van der Waals surface area contributed by atoms with Gasteiger partial charge in [0.05, 0.1) is 5.02 Å². The van der Waals surface area contributed by atoms with E-state index in [-0.39, 0.29) is 18.3 Å². The van der Waals surface area contributed by atoms with E-state index < -0.39 is 0 Å². The number of carbonyl (C=O) groups is 1. The molecular formula is C18H21Cl2N3OS. The van der Waals surface area contributed by atoms with Gasteiger partial charge in [-0.2, -0.15) is 0 Å². The van der Waals surface area contributed by atoms with E-state index in [4.69, 9.17) is 11.6 Å². The Morgan fingerprint density at radius 2 is 2.00 bits per heavy atom. The molecule has 7 heteroatoms. The summed E-state index contributed by atoms with van der Waals surface area (Å²) in [6, 6.07) is 7.61. The van der Waals surface area contributed by atoms with Crippen molar-refractivity contribution in [2.24, 2.45) is 5.41 Å². The van der Waals surface area contributed by atoms with Crippen LogP contribution >= 0.6 is 35.3 Å². The molecule has 2 fully saturated rings. The van der Waals surface area contributed by atoms with Crippen LogP contribution in [0.4, 0.5) is 0 Å². The Morgan fingerprint density at radius 1 is 1.24 bits per heavy atom. The van der Waals surface area contributed by atoms with Crippen LogP contribution in [0.1, 0.15) is 29.8 Å². The van der Waals surface area contributed by atoms with Gasteiger partial charge in [0.1, 0.15) is 10.7 Å². The molecule has 25 heavy (non-hydrogen) atoms. The maximum atomic E-state index is 12.8. The number of benzene rings is 1. The van der Waals surface area contributed by atoms with Crippen LogP contribution in [0.25, 0.3) is 10.6 Å². The minimum absolute atomic E-state index is 0. The average molecular weight is 398 g/mol. The fourth-order valence-electron chi connectivity index (χ4n) is 3.70. The Morgan fingerprint density at radius 3 is 2.68 bits per heavy atom. The van der Waals surface area contributed by atoms with Crippen molar-refractivity contribution in [1.29, 1.82) is 0 Å². The predicted molar refractivity (Wildman–Crippen MR) is 105 cm³/mol. The van der Waals surface area contributed by atoms with E-state index in [1.54, 1.807) is 0 Å². The number of amides is 1. The van der Waals surface area contributed by atoms with Gasteiger partial charge >= 0.3 is 0 Å². The number of hydrogen-bond donors (Lipinski definition) is 1. The normalized spacial score (nSPS) is 19.0. The molecule has 2 aliphatic heterocycles. The first-order valence-electron chi connectivity index (χ1n) is 8.37. The van der Waals surface area contributed by atoms with Gasteiger partial charge < -0.3 is 10.2 Å². The SMILES string of the molecule is Cl.O=C(c1csc(-c2ccccc2Cl)n1)N1CCC2(CCNC2)CC1. The Kier molecular flexibility index (Phi) is 5.68. The largest absolute Gasteiger partial charge is 0.337 e. The molecule has 0 saturated carbocycles. The lowest BCUT2D eigenvalue weighted by Gasteiger charge is -2.38. The van der Waals surface area contributed by atoms with E-state index >= 15 is 0 Å². The van der Waals surface area contributed by atoms with Gasteiger partial charge in [-0.1, -0.05) is 29.8 Å². The lowest BCUT2D eigenvalue weighted by Crippen LogP contribution is -2.44. The van der Waals surface area contributed by atoms with E-state index in [9.17, 15) is 4.79 Å². The molecule has 3 heterocycles. The van der Waals surface area contributed by atoms with Gasteiger partial charge in [0.25, 0.3) is 5.91 Å². The molecule has 134 valence electrons. The third kappa shape index (κ3) is 3.70. The molecule has 0 bridgehead atoms. The molecule has 2 aliphatic rings. The van der Waals surface area contributed by atoms with Crippen molar-refractivity contribution < 1.29 is 4.79 Å². The summed E-state index contributed by atoms with van der Waals surface area (Å²) in [7, 11) is 0. The quantitative estimate of drug-likeness (QED) is 0.829. The highest BCUT2D eigenvalue weighted by molar-refractivity contribution is 7.13. The summed E-state index contributed by atoms with van der Waals surface area (Å²) in [4.78, 5) is 19.2. The van der Waals surface area contributed by atoms with Gasteiger partial charge in [-0.3, -0.25) is 4.79 Å². The summed E-state index contributed by atoms with van der Waals surface area (Å²) in [5.41, 5.74) is 1.84. The molecule has 1 N–H and O–H groups in total. The van der Waals surface area contributed by atoms with Crippen LogP contribution in [0.5, 0.6) is 0 Å². The van der Waals surface area contributed by atoms with Crippen LogP contribution in [-0.2, 0) is 0 Å². The van der Waals surface area contributed by atoms with Crippen LogP contribution in [0.2, 0.25) is 5.02 Å². The van der Waals surface area contributed by atoms with Crippen LogP contribution < -0.4 is 5.32 Å². The summed E-state index contributed by atoms with van der Waals surface area (Å²) in [6.07, 6.45) is 3.42. The average Bonchev–Trinajstić information content (AvgIpc) is 3.26. The standard InChI is InChI=1S/C18H20ClN3OS.ClH/c19-14-4-2-1-3-13(14)16-21-15(11-24-16)17(23)22-9-6-18(7-10-22)5-8-20-12-18;/h1-4,11,20H,5-10,12H2;1H. The number of hydrogen-bond acceptors (Lipinski definition) is 4. The molecule has 2 aromatic rings. The zero-order valence-electron chi connectivity index (χ0n) is 13.8. The fraction of sp³-hybridized carbons (Fsp3) is 0.444. The number of halogens is 2. The van der Waals surface area contributed by atoms with E-state index in [2.05, 4.69) is 10.3 Å². The van der Waals surface area contributed by atoms with Crippen LogP contribution in [0.15, 0.2) is 29.6 Å². The van der Waals surface area contributed by atoms with Gasteiger partial charge in [0.2, 0.25) is 0 Å². The molecule has 0 radical (unpaired) electrons. The Hall–Kier alpha value is -1.14. The van der Waals surface area contributed by atoms with Crippen molar-refractivity contribution in [2.75, 3.05) is 26.2 Å². The van der Waals surface area contributed by atoms with Crippen molar-refractivity contribution in [3.05, 3.63) is 40.4 Å². The minimum atomic E-state index is 0. The summed E-state index contributed by atoms with van der Waals surface area (Å²) in [5, 5.41) is 6.78. The number of likely N-dealkylation sites (tertiary alicyclic amines) is 1. The number of nitrogens with one attached hydrogen (secondary N) is 1. The highest BCUT2D eigenvalue weighted by Crippen LogP contribution is 2.37. The Bertz CT molecular complexity index is 748. The molecule has 1 aromatic heterocycles. The second-order valence-corrected chi connectivity index (χ2v) is 8.00. The molecule has 0 unspecified atom stereocenters. The number of thiazole rings is 1. The Labute approximate surface area is 163 Å². The van der Waals surface area contributed by atoms with Gasteiger partial charge in [0.15, 0.2) is 0 Å². The number of piperidine rings is 1. The zero-order valence-corrected chi connectivity index (χ0v) is 16.2. The van der Waals surface area contributed by atoms with Crippen molar-refractivity contribution in [2.45, 2.75) is 19.3 Å². The summed E-state index contributed by atoms with van der Waals surface area (Å²) in [6.45, 7) is 3.88. The minimum Gasteiger partial charge on any atom is -0.337 e. The molecule has 4 nitrogen and oxygen atoms in total.